The van der Waals surface area contributed by atoms with Gasteiger partial charge in [0.15, 0.2) is 0 Å². The molecule has 3 N–H and O–H groups in total. The molecule has 0 saturated carbocycles. The number of nitrogens with two attached hydrogens (primary N) is 1. The van der Waals surface area contributed by atoms with Gasteiger partial charge in [0.1, 0.15) is 4.90 Å². The summed E-state index contributed by atoms with van der Waals surface area (Å²) in [5, 5.41) is 3.52. The average Bonchev–Trinajstić information content (AvgIpc) is 2.66. The number of sulfonamides is 1. The molecule has 0 fully saturated rings. The fourth-order valence-corrected chi connectivity index (χ4v) is 5.70. The number of hydrogen-bond donors (Lipinski definition) is 2. The van der Waals surface area contributed by atoms with Crippen molar-refractivity contribution in [3.8, 4) is 0 Å². The number of halogens is 2. The van der Waals surface area contributed by atoms with Gasteiger partial charge in [-0.3, -0.25) is 4.72 Å². The van der Waals surface area contributed by atoms with Gasteiger partial charge in [-0.05, 0) is 55.4 Å². The molecule has 0 aliphatic carbocycles. The highest BCUT2D eigenvalue weighted by Crippen LogP contribution is 2.33. The molecule has 4 nitrogen and oxygen atoms in total. The lowest BCUT2D eigenvalue weighted by atomic mass is 10.3. The summed E-state index contributed by atoms with van der Waals surface area (Å²) in [5.41, 5.74) is 6.65. The molecular formula is C10H8Br2N2O2S2. The van der Waals surface area contributed by atoms with Gasteiger partial charge in [-0.2, -0.15) is 11.3 Å². The Hall–Kier alpha value is -0.570. The van der Waals surface area contributed by atoms with Crippen LogP contribution >= 0.6 is 43.2 Å². The molecule has 1 heterocycles. The monoisotopic (exact) mass is 410 g/mol. The van der Waals surface area contributed by atoms with Crippen molar-refractivity contribution in [1.82, 2.24) is 0 Å². The zero-order valence-corrected chi connectivity index (χ0v) is 13.7. The van der Waals surface area contributed by atoms with Crippen LogP contribution in [0.25, 0.3) is 0 Å². The minimum atomic E-state index is -3.65. The Morgan fingerprint density at radius 2 is 1.83 bits per heavy atom. The second kappa shape index (κ2) is 5.20. The summed E-state index contributed by atoms with van der Waals surface area (Å²) in [6.07, 6.45) is 0. The Balaban J connectivity index is 2.48. The van der Waals surface area contributed by atoms with Crippen LogP contribution in [-0.4, -0.2) is 8.42 Å². The molecule has 0 spiro atoms. The van der Waals surface area contributed by atoms with Gasteiger partial charge in [0.2, 0.25) is 0 Å². The normalized spacial score (nSPS) is 11.4. The number of anilines is 2. The number of rotatable bonds is 3. The van der Waals surface area contributed by atoms with Gasteiger partial charge in [0, 0.05) is 20.0 Å². The van der Waals surface area contributed by atoms with Crippen LogP contribution < -0.4 is 10.5 Å². The van der Waals surface area contributed by atoms with Crippen LogP contribution in [0.2, 0.25) is 0 Å². The maximum atomic E-state index is 12.2. The Bertz CT molecular complexity index is 646. The molecule has 2 rings (SSSR count). The highest BCUT2D eigenvalue weighted by atomic mass is 79.9. The molecule has 8 heteroatoms. The van der Waals surface area contributed by atoms with E-state index in [9.17, 15) is 8.42 Å². The summed E-state index contributed by atoms with van der Waals surface area (Å²) in [7, 11) is -3.65. The average molecular weight is 412 g/mol. The third-order valence-corrected chi connectivity index (χ3v) is 6.00. The molecule has 0 saturated heterocycles. The van der Waals surface area contributed by atoms with Crippen molar-refractivity contribution >= 4 is 64.6 Å². The first kappa shape index (κ1) is 13.9. The van der Waals surface area contributed by atoms with E-state index in [1.807, 2.05) is 0 Å². The largest absolute Gasteiger partial charge is 0.399 e. The van der Waals surface area contributed by atoms with Crippen molar-refractivity contribution in [2.45, 2.75) is 4.90 Å². The second-order valence-electron chi connectivity index (χ2n) is 3.43. The third kappa shape index (κ3) is 2.87. The topological polar surface area (TPSA) is 72.2 Å². The molecule has 0 amide bonds. The maximum absolute atomic E-state index is 12.2. The molecule has 0 atom stereocenters. The third-order valence-electron chi connectivity index (χ3n) is 2.06. The number of nitrogen functional groups attached to an aromatic ring is 1. The first-order valence-electron chi connectivity index (χ1n) is 4.70. The molecule has 0 bridgehead atoms. The van der Waals surface area contributed by atoms with Crippen LogP contribution in [0.1, 0.15) is 0 Å². The molecular weight excluding hydrogens is 404 g/mol. The van der Waals surface area contributed by atoms with Crippen LogP contribution in [0.15, 0.2) is 42.8 Å². The minimum Gasteiger partial charge on any atom is -0.399 e. The van der Waals surface area contributed by atoms with Gasteiger partial charge in [0.25, 0.3) is 10.0 Å². The quantitative estimate of drug-likeness (QED) is 0.757. The SMILES string of the molecule is Nc1cc(Br)c(S(=O)(=O)Nc2ccsc2)c(Br)c1. The van der Waals surface area contributed by atoms with Crippen molar-refractivity contribution in [1.29, 1.82) is 0 Å². The van der Waals surface area contributed by atoms with Gasteiger partial charge in [-0.25, -0.2) is 8.42 Å². The zero-order valence-electron chi connectivity index (χ0n) is 8.85. The van der Waals surface area contributed by atoms with Crippen LogP contribution in [-0.2, 0) is 10.0 Å². The summed E-state index contributed by atoms with van der Waals surface area (Å²) in [6.45, 7) is 0. The molecule has 0 aliphatic heterocycles. The lowest BCUT2D eigenvalue weighted by molar-refractivity contribution is 0.600. The molecule has 2 aromatic rings. The van der Waals surface area contributed by atoms with Crippen molar-refractivity contribution < 1.29 is 8.42 Å². The molecule has 1 aromatic heterocycles. The van der Waals surface area contributed by atoms with Gasteiger partial charge >= 0.3 is 0 Å². The predicted molar refractivity (Wildman–Crippen MR) is 81.4 cm³/mol. The van der Waals surface area contributed by atoms with Crippen LogP contribution in [0.5, 0.6) is 0 Å². The molecule has 96 valence electrons. The Labute approximate surface area is 126 Å². The summed E-state index contributed by atoms with van der Waals surface area (Å²) in [4.78, 5) is 0.128. The predicted octanol–water partition coefficient (Wildman–Crippen LogP) is 3.66. The van der Waals surface area contributed by atoms with E-state index in [1.54, 1.807) is 29.0 Å². The van der Waals surface area contributed by atoms with Crippen molar-refractivity contribution in [2.24, 2.45) is 0 Å². The van der Waals surface area contributed by atoms with Gasteiger partial charge in [-0.15, -0.1) is 0 Å². The van der Waals surface area contributed by atoms with E-state index in [4.69, 9.17) is 5.73 Å². The van der Waals surface area contributed by atoms with E-state index in [0.717, 1.165) is 0 Å². The van der Waals surface area contributed by atoms with Crippen molar-refractivity contribution in [3.63, 3.8) is 0 Å². The fraction of sp³-hybridized carbons (Fsp3) is 0. The van der Waals surface area contributed by atoms with E-state index in [-0.39, 0.29) is 4.90 Å². The second-order valence-corrected chi connectivity index (χ2v) is 7.54. The van der Waals surface area contributed by atoms with Gasteiger partial charge in [-0.1, -0.05) is 0 Å². The number of thiophene rings is 1. The molecule has 18 heavy (non-hydrogen) atoms. The summed E-state index contributed by atoms with van der Waals surface area (Å²) < 4.78 is 27.8. The minimum absolute atomic E-state index is 0.128. The Kier molecular flexibility index (Phi) is 4.00. The van der Waals surface area contributed by atoms with E-state index in [1.165, 1.54) is 11.3 Å². The van der Waals surface area contributed by atoms with Crippen LogP contribution in [0.4, 0.5) is 11.4 Å². The Morgan fingerprint density at radius 1 is 1.22 bits per heavy atom. The smallest absolute Gasteiger partial charge is 0.264 e. The van der Waals surface area contributed by atoms with E-state index < -0.39 is 10.0 Å². The molecule has 1 aromatic carbocycles. The van der Waals surface area contributed by atoms with E-state index in [0.29, 0.717) is 20.3 Å². The fourth-order valence-electron chi connectivity index (χ4n) is 1.36. The highest BCUT2D eigenvalue weighted by Gasteiger charge is 2.22. The number of benzene rings is 1. The zero-order chi connectivity index (χ0) is 13.3. The van der Waals surface area contributed by atoms with Gasteiger partial charge in [0.05, 0.1) is 5.69 Å². The van der Waals surface area contributed by atoms with Gasteiger partial charge < -0.3 is 5.73 Å². The van der Waals surface area contributed by atoms with E-state index in [2.05, 4.69) is 36.6 Å². The molecule has 0 unspecified atom stereocenters. The molecule has 0 radical (unpaired) electrons. The number of nitrogens with one attached hydrogen (secondary N) is 1. The molecule has 0 aliphatic rings. The first-order chi connectivity index (χ1) is 8.40. The van der Waals surface area contributed by atoms with E-state index >= 15 is 0 Å². The summed E-state index contributed by atoms with van der Waals surface area (Å²) in [5.74, 6) is 0. The van der Waals surface area contributed by atoms with Crippen molar-refractivity contribution in [3.05, 3.63) is 37.9 Å². The van der Waals surface area contributed by atoms with Crippen molar-refractivity contribution in [2.75, 3.05) is 10.5 Å². The first-order valence-corrected chi connectivity index (χ1v) is 8.71. The lowest BCUT2D eigenvalue weighted by Gasteiger charge is -2.11. The highest BCUT2D eigenvalue weighted by molar-refractivity contribution is 9.11. The number of hydrogen-bond acceptors (Lipinski definition) is 4. The maximum Gasteiger partial charge on any atom is 0.264 e. The summed E-state index contributed by atoms with van der Waals surface area (Å²) >= 11 is 7.84. The lowest BCUT2D eigenvalue weighted by Crippen LogP contribution is -2.14. The summed E-state index contributed by atoms with van der Waals surface area (Å²) in [6, 6.07) is 4.79. The van der Waals surface area contributed by atoms with Crippen LogP contribution in [0.3, 0.4) is 0 Å². The Morgan fingerprint density at radius 3 is 2.33 bits per heavy atom. The van der Waals surface area contributed by atoms with Crippen LogP contribution in [0, 0.1) is 0 Å². The standard InChI is InChI=1S/C10H8Br2N2O2S2/c11-8-3-6(13)4-9(12)10(8)18(15,16)14-7-1-2-17-5-7/h1-5,14H,13H2.